The Morgan fingerprint density at radius 2 is 0.789 bits per heavy atom. The maximum Gasteiger partial charge on any atom is 0.293 e. The number of Topliss-reactive ketones (excluding diaryl/α,β-unsaturated/α-hetero) is 3. The summed E-state index contributed by atoms with van der Waals surface area (Å²) in [6.45, 7) is 12.5. The van der Waals surface area contributed by atoms with Gasteiger partial charge in [0.15, 0.2) is 18.8 Å². The molecule has 0 fully saturated rings. The third-order valence-electron chi connectivity index (χ3n) is 21.7. The molecule has 31 heteroatoms. The van der Waals surface area contributed by atoms with Crippen molar-refractivity contribution >= 4 is 274 Å². The highest BCUT2D eigenvalue weighted by Crippen LogP contribution is 2.36. The Morgan fingerprint density at radius 1 is 0.436 bits per heavy atom. The first kappa shape index (κ1) is 103. The maximum atomic E-state index is 12.8. The van der Waals surface area contributed by atoms with Crippen LogP contribution in [0, 0.1) is 10.4 Å². The Labute approximate surface area is 845 Å². The van der Waals surface area contributed by atoms with E-state index in [4.69, 9.17) is 22.5 Å². The molecule has 0 saturated heterocycles. The molecule has 0 spiro atoms. The molecule has 8 aromatic heterocycles. The quantitative estimate of drug-likeness (QED) is 0.00687. The number of aromatic nitrogens is 8. The topological polar surface area (TPSA) is 328 Å². The molecule has 19 rings (SSSR count). The van der Waals surface area contributed by atoms with Crippen molar-refractivity contribution in [2.45, 2.75) is 91.1 Å². The number of hydroxylamine groups is 5. The Hall–Kier alpha value is -10.4. The highest BCUT2D eigenvalue weighted by Gasteiger charge is 2.26. The zero-order valence-corrected chi connectivity index (χ0v) is 86.7. The molecule has 0 aliphatic rings. The van der Waals surface area contributed by atoms with E-state index in [1.807, 2.05) is 278 Å². The summed E-state index contributed by atoms with van der Waals surface area (Å²) in [4.78, 5) is 72.8. The van der Waals surface area contributed by atoms with Crippen LogP contribution in [0.1, 0.15) is 143 Å². The number of carbonyl (C=O) groups excluding carboxylic acids is 4. The number of fused-ring (bicyclic) bond motifs is 8. The monoisotopic (exact) mass is 2330 g/mol. The molecule has 19 aromatic rings. The number of carbonyl (C=O) groups is 4. The van der Waals surface area contributed by atoms with E-state index in [1.54, 1.807) is 25.4 Å². The summed E-state index contributed by atoms with van der Waals surface area (Å²) in [5, 5.41) is 51.1. The second-order valence-electron chi connectivity index (χ2n) is 30.9. The highest BCUT2D eigenvalue weighted by atomic mass is 79.9. The number of H-pyrrole nitrogens is 8. The minimum atomic E-state index is -0.976. The summed E-state index contributed by atoms with van der Waals surface area (Å²) >= 11 is 32.6. The van der Waals surface area contributed by atoms with Crippen molar-refractivity contribution in [3.05, 3.63) is 394 Å². The number of hydrogen-bond donors (Lipinski definition) is 12. The summed E-state index contributed by atoms with van der Waals surface area (Å²) in [6.07, 6.45) is 18.0. The zero-order chi connectivity index (χ0) is 94.4. The van der Waals surface area contributed by atoms with Gasteiger partial charge in [0.2, 0.25) is 17.3 Å². The normalized spacial score (nSPS) is 12.4. The molecule has 8 heterocycles. The summed E-state index contributed by atoms with van der Waals surface area (Å²) < 4.78 is 9.89. The molecule has 5 atom stereocenters. The van der Waals surface area contributed by atoms with E-state index in [2.05, 4.69) is 203 Å². The van der Waals surface area contributed by atoms with Gasteiger partial charge < -0.3 is 66.4 Å². The lowest BCUT2D eigenvalue weighted by Gasteiger charge is -2.22. The van der Waals surface area contributed by atoms with E-state index in [9.17, 15) is 34.8 Å². The van der Waals surface area contributed by atoms with Gasteiger partial charge in [-0.25, -0.2) is 9.48 Å². The smallest absolute Gasteiger partial charge is 0.293 e. The fourth-order valence-electron chi connectivity index (χ4n) is 14.7. The second kappa shape index (κ2) is 49.2. The van der Waals surface area contributed by atoms with E-state index >= 15 is 0 Å². The standard InChI is InChI=1S/C21H16Br2N2O2.C17H17BrN2O.C17H15BrN2O.C10H5BrClNO2.C10H11BrN2O.C10H11BrN2.C9H11NO.C8H6BrN.ClH/c1-11(16-9-24-18-4-2-12(22)7-14(16)18)6-20(26)21(27)17-10-25-19-5-3-13(23)8-15(17)19;2*1-12(20(21)11-13-5-3-2-4-6-13)16-10-19-17-8-7-14(18)9-15(16)17;11-5-1-2-8-6(3-5)7(4-13-8)9(14)10(12)15;1-6(13-14)9-5-12-10-3-2-7(11)4-8(9)10;1-6(12)9-5-13-10-3-2-7(11)4-8(9)10;1-2-10(11)8-9-6-4-3-5-7-9;9-7-1-2-8-6(5-7)3-4-10-8;/h2-5,7-11,24-25H,6H2,1H3;2-10,12,19,21H,11H2,1H3;2-12,19H,1H3;1-4,13H;2-6,12-14H,1H3;2-6,13H,12H2,1H3;2-7H,8H2,1H3;1-5,10H;1H/b;;20-11-;;;;10-2-;;. The molecular weight excluding hydrogens is 2250 g/mol. The van der Waals surface area contributed by atoms with Gasteiger partial charge in [0.25, 0.3) is 5.24 Å². The van der Waals surface area contributed by atoms with Crippen molar-refractivity contribution in [3.63, 3.8) is 0 Å². The number of benzene rings is 11. The van der Waals surface area contributed by atoms with Crippen LogP contribution in [0.2, 0.25) is 0 Å². The molecule has 0 aliphatic carbocycles. The van der Waals surface area contributed by atoms with Gasteiger partial charge in [-0.15, -0.1) is 12.4 Å². The fraction of sp³-hybridized carbons (Fsp3) is 0.137. The van der Waals surface area contributed by atoms with Crippen molar-refractivity contribution in [2.75, 3.05) is 0 Å². The summed E-state index contributed by atoms with van der Waals surface area (Å²) in [5.74, 6) is -1.59. The number of halogens is 10. The van der Waals surface area contributed by atoms with E-state index < -0.39 is 16.8 Å². The third-order valence-corrected chi connectivity index (χ3v) is 25.9. The van der Waals surface area contributed by atoms with Crippen molar-refractivity contribution in [2.24, 2.45) is 5.73 Å². The summed E-state index contributed by atoms with van der Waals surface area (Å²) in [5.41, 5.74) is 25.3. The van der Waals surface area contributed by atoms with Crippen LogP contribution in [0.25, 0.3) is 87.2 Å². The molecule has 13 N–H and O–H groups in total. The third kappa shape index (κ3) is 27.7. The lowest BCUT2D eigenvalue weighted by molar-refractivity contribution is -0.497. The highest BCUT2D eigenvalue weighted by molar-refractivity contribution is 9.11. The van der Waals surface area contributed by atoms with Gasteiger partial charge in [-0.3, -0.25) is 19.2 Å². The van der Waals surface area contributed by atoms with Gasteiger partial charge >= 0.3 is 0 Å². The molecule has 5 unspecified atom stereocenters. The Bertz CT molecular complexity index is 7250. The van der Waals surface area contributed by atoms with Crippen LogP contribution in [0.5, 0.6) is 0 Å². The molecule has 0 radical (unpaired) electrons. The van der Waals surface area contributed by atoms with Crippen LogP contribution in [0.15, 0.2) is 328 Å². The van der Waals surface area contributed by atoms with E-state index in [0.717, 1.165) is 155 Å². The SMILES string of the molecule is Brc1ccc2[nH]ccc2c1.C/C=[N+](\[O-])Cc1ccccc1.CC(CC(=O)C(=O)c1c[nH]c2ccc(Br)cc12)c1c[nH]c2ccc(Br)cc12.CC(N)c1c[nH]c2ccc(Br)cc12.CC(NO)c1c[nH]c2ccc(Br)cc12.CC(c1c[nH]c2ccc(Br)cc12)/[N+]([O-])=C/c1ccccc1.CC(c1c[nH]c2ccc(Br)cc12)N(O)Cc1ccccc1.Cl.O=C(Cl)C(=O)c1c[nH]c2ccc(Br)cc12. The van der Waals surface area contributed by atoms with Crippen LogP contribution >= 0.6 is 151 Å². The first-order valence-corrected chi connectivity index (χ1v) is 48.3. The van der Waals surface area contributed by atoms with E-state index in [1.165, 1.54) is 33.8 Å². The van der Waals surface area contributed by atoms with Crippen LogP contribution in [0.3, 0.4) is 0 Å². The average Bonchev–Trinajstić information content (AvgIpc) is 1.63. The Kier molecular flexibility index (Phi) is 38.1. The molecular formula is C102H93Br8Cl2N13O8. The summed E-state index contributed by atoms with van der Waals surface area (Å²) in [6, 6.07) is 78.5. The number of nitrogens with zero attached hydrogens (tertiary/aromatic N) is 3. The van der Waals surface area contributed by atoms with Gasteiger partial charge in [-0.1, -0.05) is 213 Å². The molecule has 0 aliphatic heterocycles. The molecule has 21 nitrogen and oxygen atoms in total. The van der Waals surface area contributed by atoms with Crippen molar-refractivity contribution in [3.8, 4) is 0 Å². The maximum absolute atomic E-state index is 12.8. The van der Waals surface area contributed by atoms with Crippen LogP contribution < -0.4 is 11.2 Å². The van der Waals surface area contributed by atoms with E-state index in [0.29, 0.717) is 29.6 Å². The molecule has 0 saturated carbocycles. The number of aromatic amines is 8. The molecule has 0 bridgehead atoms. The number of nitrogens with one attached hydrogen (secondary N) is 9. The zero-order valence-electron chi connectivity index (χ0n) is 72.4. The van der Waals surface area contributed by atoms with Gasteiger partial charge in [0.1, 0.15) is 6.21 Å². The molecule has 133 heavy (non-hydrogen) atoms. The van der Waals surface area contributed by atoms with Crippen molar-refractivity contribution < 1.29 is 39.1 Å². The lowest BCUT2D eigenvalue weighted by Crippen LogP contribution is -2.22. The second-order valence-corrected chi connectivity index (χ2v) is 38.6. The average molecular weight is 2340 g/mol. The Morgan fingerprint density at radius 3 is 1.23 bits per heavy atom. The predicted molar refractivity (Wildman–Crippen MR) is 570 cm³/mol. The largest absolute Gasteiger partial charge is 0.624 e. The van der Waals surface area contributed by atoms with Crippen LogP contribution in [-0.4, -0.2) is 99.8 Å². The van der Waals surface area contributed by atoms with Crippen LogP contribution in [0.4, 0.5) is 0 Å². The van der Waals surface area contributed by atoms with Gasteiger partial charge in [0.05, 0.1) is 23.2 Å². The number of ketones is 3. The predicted octanol–water partition coefficient (Wildman–Crippen LogP) is 29.6. The summed E-state index contributed by atoms with van der Waals surface area (Å²) in [7, 11) is 0. The Balaban J connectivity index is 0.000000149. The molecule has 684 valence electrons. The fourth-order valence-corrected chi connectivity index (χ4v) is 17.7. The number of rotatable bonds is 19. The first-order chi connectivity index (χ1) is 63.4. The molecule has 0 amide bonds. The number of hydrogen-bond acceptors (Lipinski definition) is 11. The van der Waals surface area contributed by atoms with E-state index in [-0.39, 0.29) is 54.7 Å². The minimum Gasteiger partial charge on any atom is -0.624 e. The molecule has 11 aromatic carbocycles. The minimum absolute atomic E-state index is 0. The van der Waals surface area contributed by atoms with Gasteiger partial charge in [-0.05, 0) is 230 Å². The first-order valence-electron chi connectivity index (χ1n) is 41.6. The van der Waals surface area contributed by atoms with Gasteiger partial charge in [0, 0.05) is 222 Å². The van der Waals surface area contributed by atoms with Crippen molar-refractivity contribution in [1.82, 2.24) is 50.4 Å². The lowest BCUT2D eigenvalue weighted by atomic mass is 9.92. The van der Waals surface area contributed by atoms with Crippen molar-refractivity contribution in [1.29, 1.82) is 0 Å². The van der Waals surface area contributed by atoms with Crippen LogP contribution in [-0.2, 0) is 22.7 Å². The number of nitrogens with two attached hydrogens (primary N) is 1. The van der Waals surface area contributed by atoms with Gasteiger partial charge in [-0.2, -0.15) is 10.5 Å².